The lowest BCUT2D eigenvalue weighted by Gasteiger charge is -2.21. The number of carbonyl (C=O) groups is 2. The molecule has 1 aliphatic rings. The molecule has 3 rings (SSSR count). The molecule has 1 aliphatic heterocycles. The summed E-state index contributed by atoms with van der Waals surface area (Å²) in [5.41, 5.74) is 3.66. The molecule has 24 heavy (non-hydrogen) atoms. The van der Waals surface area contributed by atoms with E-state index in [4.69, 9.17) is 0 Å². The van der Waals surface area contributed by atoms with E-state index in [0.29, 0.717) is 5.56 Å². The van der Waals surface area contributed by atoms with Gasteiger partial charge in [0.1, 0.15) is 6.04 Å². The van der Waals surface area contributed by atoms with Gasteiger partial charge in [-0.25, -0.2) is 4.79 Å². The number of nitrogens with zero attached hydrogens (tertiary/aromatic N) is 1. The van der Waals surface area contributed by atoms with Crippen molar-refractivity contribution in [2.45, 2.75) is 25.5 Å². The Labute approximate surface area is 140 Å². The number of β-amino-alcohol motifs (C(OH)–C–C–N with tert-alkyl or cyclic N) is 1. The summed E-state index contributed by atoms with van der Waals surface area (Å²) in [6.45, 7) is 2.08. The summed E-state index contributed by atoms with van der Waals surface area (Å²) >= 11 is 0. The summed E-state index contributed by atoms with van der Waals surface area (Å²) in [4.78, 5) is 25.1. The Morgan fingerprint density at radius 1 is 1.08 bits per heavy atom. The lowest BCUT2D eigenvalue weighted by Crippen LogP contribution is -2.40. The number of aliphatic carboxylic acids is 1. The summed E-state index contributed by atoms with van der Waals surface area (Å²) in [7, 11) is 0. The second-order valence-electron chi connectivity index (χ2n) is 6.09. The number of benzene rings is 2. The Morgan fingerprint density at radius 2 is 1.75 bits per heavy atom. The third-order valence-electron chi connectivity index (χ3n) is 4.41. The predicted molar refractivity (Wildman–Crippen MR) is 89.7 cm³/mol. The molecule has 1 saturated heterocycles. The van der Waals surface area contributed by atoms with Crippen molar-refractivity contribution in [1.29, 1.82) is 0 Å². The van der Waals surface area contributed by atoms with Crippen LogP contribution in [0.1, 0.15) is 22.3 Å². The Hall–Kier alpha value is -2.66. The lowest BCUT2D eigenvalue weighted by atomic mass is 9.99. The topological polar surface area (TPSA) is 77.8 Å². The molecule has 124 valence electrons. The van der Waals surface area contributed by atoms with Crippen LogP contribution in [0.25, 0.3) is 11.1 Å². The maximum atomic E-state index is 12.6. The van der Waals surface area contributed by atoms with Gasteiger partial charge in [0.2, 0.25) is 0 Å². The molecule has 0 radical (unpaired) electrons. The summed E-state index contributed by atoms with van der Waals surface area (Å²) in [6, 6.07) is 14.1. The van der Waals surface area contributed by atoms with Crippen LogP contribution in [0.2, 0.25) is 0 Å². The number of aliphatic hydroxyl groups excluding tert-OH is 1. The van der Waals surface area contributed by atoms with Gasteiger partial charge >= 0.3 is 5.97 Å². The fraction of sp³-hybridized carbons (Fsp3) is 0.263. The van der Waals surface area contributed by atoms with E-state index in [1.54, 1.807) is 12.1 Å². The molecule has 2 unspecified atom stereocenters. The van der Waals surface area contributed by atoms with E-state index in [1.165, 1.54) is 4.90 Å². The van der Waals surface area contributed by atoms with E-state index < -0.39 is 18.1 Å². The number of carboxylic acid groups (broad SMARTS) is 1. The predicted octanol–water partition coefficient (Wildman–Crippen LogP) is 2.32. The van der Waals surface area contributed by atoms with E-state index in [9.17, 15) is 19.8 Å². The fourth-order valence-electron chi connectivity index (χ4n) is 3.13. The van der Waals surface area contributed by atoms with Crippen molar-refractivity contribution >= 4 is 11.9 Å². The van der Waals surface area contributed by atoms with E-state index in [2.05, 4.69) is 0 Å². The van der Waals surface area contributed by atoms with Crippen LogP contribution in [0, 0.1) is 6.92 Å². The number of carbonyl (C=O) groups excluding carboxylic acids is 1. The molecule has 0 aromatic heterocycles. The first-order valence-electron chi connectivity index (χ1n) is 7.85. The van der Waals surface area contributed by atoms with Crippen LogP contribution in [0.5, 0.6) is 0 Å². The highest BCUT2D eigenvalue weighted by Gasteiger charge is 2.39. The number of hydrogen-bond acceptors (Lipinski definition) is 3. The number of hydrogen-bond donors (Lipinski definition) is 2. The van der Waals surface area contributed by atoms with Gasteiger partial charge in [-0.3, -0.25) is 4.79 Å². The fourth-order valence-corrected chi connectivity index (χ4v) is 3.13. The van der Waals surface area contributed by atoms with Gasteiger partial charge in [-0.05, 0) is 35.7 Å². The van der Waals surface area contributed by atoms with Crippen LogP contribution in [0.4, 0.5) is 0 Å². The maximum absolute atomic E-state index is 12.6. The van der Waals surface area contributed by atoms with Crippen molar-refractivity contribution in [3.63, 3.8) is 0 Å². The van der Waals surface area contributed by atoms with Gasteiger partial charge in [0.05, 0.1) is 6.10 Å². The number of amides is 1. The van der Waals surface area contributed by atoms with Gasteiger partial charge in [-0.1, -0.05) is 36.4 Å². The molecule has 2 atom stereocenters. The molecule has 1 amide bonds. The van der Waals surface area contributed by atoms with Crippen molar-refractivity contribution < 1.29 is 19.8 Å². The monoisotopic (exact) mass is 325 g/mol. The van der Waals surface area contributed by atoms with E-state index >= 15 is 0 Å². The van der Waals surface area contributed by atoms with Crippen molar-refractivity contribution in [1.82, 2.24) is 4.90 Å². The minimum Gasteiger partial charge on any atom is -0.480 e. The van der Waals surface area contributed by atoms with Gasteiger partial charge in [0.15, 0.2) is 0 Å². The molecular weight excluding hydrogens is 306 g/mol. The van der Waals surface area contributed by atoms with Crippen LogP contribution in [0.15, 0.2) is 48.5 Å². The third kappa shape index (κ3) is 3.03. The highest BCUT2D eigenvalue weighted by Crippen LogP contribution is 2.25. The zero-order valence-corrected chi connectivity index (χ0v) is 13.3. The minimum absolute atomic E-state index is 0.0509. The van der Waals surface area contributed by atoms with E-state index in [0.717, 1.165) is 16.7 Å². The first kappa shape index (κ1) is 16.2. The Kier molecular flexibility index (Phi) is 4.36. The second-order valence-corrected chi connectivity index (χ2v) is 6.09. The number of rotatable bonds is 3. The number of aliphatic hydroxyl groups is 1. The molecule has 0 aliphatic carbocycles. The zero-order valence-electron chi connectivity index (χ0n) is 13.3. The first-order chi connectivity index (χ1) is 11.5. The van der Waals surface area contributed by atoms with Gasteiger partial charge in [0.25, 0.3) is 5.91 Å². The Morgan fingerprint density at radius 3 is 2.38 bits per heavy atom. The molecule has 0 bridgehead atoms. The van der Waals surface area contributed by atoms with Crippen LogP contribution < -0.4 is 0 Å². The summed E-state index contributed by atoms with van der Waals surface area (Å²) in [5.74, 6) is -1.45. The Balaban J connectivity index is 1.84. The number of likely N-dealkylation sites (tertiary alicyclic amines) is 1. The largest absolute Gasteiger partial charge is 0.480 e. The van der Waals surface area contributed by atoms with Crippen LogP contribution in [-0.4, -0.2) is 45.7 Å². The van der Waals surface area contributed by atoms with Crippen LogP contribution in [-0.2, 0) is 4.79 Å². The molecular formula is C19H19NO4. The van der Waals surface area contributed by atoms with Gasteiger partial charge in [-0.15, -0.1) is 0 Å². The lowest BCUT2D eigenvalue weighted by molar-refractivity contribution is -0.141. The van der Waals surface area contributed by atoms with E-state index in [-0.39, 0.29) is 18.9 Å². The average Bonchev–Trinajstić information content (AvgIpc) is 2.97. The molecule has 2 aromatic carbocycles. The number of carboxylic acids is 1. The smallest absolute Gasteiger partial charge is 0.326 e. The second kappa shape index (κ2) is 6.45. The number of aryl methyl sites for hydroxylation is 1. The molecule has 0 spiro atoms. The SMILES string of the molecule is Cc1ccccc1-c1ccc(C(=O)N2CC(O)CC2C(=O)O)cc1. The van der Waals surface area contributed by atoms with Crippen molar-refractivity contribution in [2.75, 3.05) is 6.54 Å². The van der Waals surface area contributed by atoms with Gasteiger partial charge in [-0.2, -0.15) is 0 Å². The third-order valence-corrected chi connectivity index (χ3v) is 4.41. The molecule has 2 N–H and O–H groups in total. The molecule has 5 nitrogen and oxygen atoms in total. The summed E-state index contributed by atoms with van der Waals surface area (Å²) in [5, 5.41) is 18.9. The van der Waals surface area contributed by atoms with Crippen LogP contribution in [0.3, 0.4) is 0 Å². The normalized spacial score (nSPS) is 20.2. The standard InChI is InChI=1S/C19H19NO4/c1-12-4-2-3-5-16(12)13-6-8-14(9-7-13)18(22)20-11-15(21)10-17(20)19(23)24/h2-9,15,17,21H,10-11H2,1H3,(H,23,24). The first-order valence-corrected chi connectivity index (χ1v) is 7.85. The quantitative estimate of drug-likeness (QED) is 0.908. The summed E-state index contributed by atoms with van der Waals surface area (Å²) in [6.07, 6.45) is -0.719. The zero-order chi connectivity index (χ0) is 17.3. The van der Waals surface area contributed by atoms with Gasteiger partial charge < -0.3 is 15.1 Å². The van der Waals surface area contributed by atoms with Crippen molar-refractivity contribution in [2.24, 2.45) is 0 Å². The molecule has 1 fully saturated rings. The molecule has 0 saturated carbocycles. The molecule has 1 heterocycles. The average molecular weight is 325 g/mol. The van der Waals surface area contributed by atoms with Crippen LogP contribution >= 0.6 is 0 Å². The molecule has 2 aromatic rings. The Bertz CT molecular complexity index is 769. The van der Waals surface area contributed by atoms with Gasteiger partial charge in [0, 0.05) is 18.5 Å². The minimum atomic E-state index is -1.09. The highest BCUT2D eigenvalue weighted by atomic mass is 16.4. The van der Waals surface area contributed by atoms with Crippen molar-refractivity contribution in [3.05, 3.63) is 59.7 Å². The molecule has 5 heteroatoms. The van der Waals surface area contributed by atoms with E-state index in [1.807, 2.05) is 43.3 Å². The summed E-state index contributed by atoms with van der Waals surface area (Å²) < 4.78 is 0. The maximum Gasteiger partial charge on any atom is 0.326 e. The van der Waals surface area contributed by atoms with Crippen molar-refractivity contribution in [3.8, 4) is 11.1 Å². The highest BCUT2D eigenvalue weighted by molar-refractivity contribution is 5.97.